The fraction of sp³-hybridized carbons (Fsp3) is 0.231. The minimum Gasteiger partial charge on any atom is -0.390 e. The van der Waals surface area contributed by atoms with Crippen LogP contribution in [-0.4, -0.2) is 50.0 Å². The highest BCUT2D eigenvalue weighted by Crippen LogP contribution is 2.46. The largest absolute Gasteiger partial charge is 0.390 e. The number of aliphatic hydroxyl groups is 2. The van der Waals surface area contributed by atoms with Crippen LogP contribution in [-0.2, 0) is 9.47 Å². The molecule has 7 rings (SSSR count). The van der Waals surface area contributed by atoms with E-state index in [0.29, 0.717) is 21.8 Å². The Morgan fingerprint density at radius 3 is 2.38 bits per heavy atom. The summed E-state index contributed by atoms with van der Waals surface area (Å²) in [6, 6.07) is 15.2. The van der Waals surface area contributed by atoms with E-state index in [9.17, 15) is 19.8 Å². The Balaban J connectivity index is 1.72. The zero-order valence-corrected chi connectivity index (χ0v) is 18.1. The normalized spacial score (nSPS) is 25.0. The number of aromatic nitrogens is 2. The van der Waals surface area contributed by atoms with Crippen LogP contribution in [0.3, 0.4) is 0 Å². The molecule has 0 amide bonds. The smallest absolute Gasteiger partial charge is 0.347 e. The lowest BCUT2D eigenvalue weighted by Gasteiger charge is -2.36. The zero-order chi connectivity index (χ0) is 23.3. The van der Waals surface area contributed by atoms with Gasteiger partial charge in [0.05, 0.1) is 39.9 Å². The number of hydrogen-bond acceptors (Lipinski definition) is 6. The molecule has 2 aromatic heterocycles. The van der Waals surface area contributed by atoms with Crippen LogP contribution in [0.15, 0.2) is 48.5 Å². The molecule has 0 aliphatic carbocycles. The first-order valence-electron chi connectivity index (χ1n) is 11.2. The van der Waals surface area contributed by atoms with E-state index in [1.165, 1.54) is 0 Å². The number of benzene rings is 3. The van der Waals surface area contributed by atoms with Crippen LogP contribution in [0, 0.1) is 0 Å². The zero-order valence-electron chi connectivity index (χ0n) is 18.1. The molecule has 8 nitrogen and oxygen atoms in total. The van der Waals surface area contributed by atoms with E-state index >= 15 is 0 Å². The summed E-state index contributed by atoms with van der Waals surface area (Å²) in [5, 5.41) is 23.6. The van der Waals surface area contributed by atoms with Crippen molar-refractivity contribution in [2.24, 2.45) is 0 Å². The van der Waals surface area contributed by atoms with Crippen LogP contribution in [0.5, 0.6) is 0 Å². The molecule has 0 saturated carbocycles. The van der Waals surface area contributed by atoms with Gasteiger partial charge in [-0.2, -0.15) is 0 Å². The van der Waals surface area contributed by atoms with Gasteiger partial charge in [-0.1, -0.05) is 36.4 Å². The van der Waals surface area contributed by atoms with E-state index in [4.69, 9.17) is 9.47 Å². The van der Waals surface area contributed by atoms with Crippen LogP contribution in [0.25, 0.3) is 43.6 Å². The molecule has 4 heterocycles. The molecule has 1 saturated heterocycles. The lowest BCUT2D eigenvalue weighted by Crippen LogP contribution is -2.45. The van der Waals surface area contributed by atoms with Gasteiger partial charge in [-0.05, 0) is 19.1 Å². The van der Waals surface area contributed by atoms with E-state index in [0.717, 1.165) is 21.8 Å². The number of aliphatic hydroxyl groups excluding tert-OH is 2. The van der Waals surface area contributed by atoms with Gasteiger partial charge in [-0.25, -0.2) is 9.59 Å². The Morgan fingerprint density at radius 2 is 1.62 bits per heavy atom. The van der Waals surface area contributed by atoms with Crippen LogP contribution in [0.1, 0.15) is 40.3 Å². The predicted octanol–water partition coefficient (Wildman–Crippen LogP) is 3.77. The molecule has 5 aromatic rings. The van der Waals surface area contributed by atoms with Crippen molar-refractivity contribution in [1.29, 1.82) is 0 Å². The van der Waals surface area contributed by atoms with Crippen LogP contribution < -0.4 is 0 Å². The molecule has 0 bridgehead atoms. The van der Waals surface area contributed by atoms with Gasteiger partial charge in [0.25, 0.3) is 0 Å². The summed E-state index contributed by atoms with van der Waals surface area (Å²) in [5.74, 6) is -1.33. The number of ether oxygens (including phenoxy) is 2. The van der Waals surface area contributed by atoms with Crippen molar-refractivity contribution in [3.63, 3.8) is 0 Å². The molecule has 2 aliphatic heterocycles. The number of fused-ring (bicyclic) bond motifs is 10. The number of esters is 2. The molecule has 170 valence electrons. The third-order valence-corrected chi connectivity index (χ3v) is 7.18. The minimum atomic E-state index is -0.991. The average Bonchev–Trinajstić information content (AvgIpc) is 3.46. The number of nitrogens with zero attached hydrogens (tertiary/aromatic N) is 1. The number of para-hydroxylation sites is 2. The summed E-state index contributed by atoms with van der Waals surface area (Å²) in [4.78, 5) is 29.3. The summed E-state index contributed by atoms with van der Waals surface area (Å²) in [7, 11) is 0. The highest BCUT2D eigenvalue weighted by atomic mass is 16.6. The van der Waals surface area contributed by atoms with Crippen molar-refractivity contribution >= 4 is 55.6 Å². The summed E-state index contributed by atoms with van der Waals surface area (Å²) in [6.07, 6.45) is -2.99. The van der Waals surface area contributed by atoms with Gasteiger partial charge in [0.1, 0.15) is 12.3 Å². The molecule has 0 spiro atoms. The Morgan fingerprint density at radius 1 is 0.941 bits per heavy atom. The fourth-order valence-corrected chi connectivity index (χ4v) is 5.69. The van der Waals surface area contributed by atoms with Gasteiger partial charge in [0.15, 0.2) is 0 Å². The summed E-state index contributed by atoms with van der Waals surface area (Å²) in [5.41, 5.74) is 3.51. The van der Waals surface area contributed by atoms with E-state index in [2.05, 4.69) is 4.98 Å². The van der Waals surface area contributed by atoms with Gasteiger partial charge in [-0.3, -0.25) is 0 Å². The number of nitrogens with one attached hydrogen (secondary N) is 1. The number of carbonyl (C=O) groups excluding carboxylic acids is 2. The standard InChI is InChI=1S/C26H20N2O6/c1-11-24(30)16(29)10-17(33-11)28-15-9-5-3-7-13(15)19-21-20(25(31)34-26(21)32)18-12-6-2-4-8-14(12)27-22(18)23(19)28/h2-9,11,16-17,24,27,29-30H,10H2,1H3/t11-,16-,17-,24-/m0/s1. The molecular weight excluding hydrogens is 436 g/mol. The van der Waals surface area contributed by atoms with E-state index in [1.54, 1.807) is 6.92 Å². The van der Waals surface area contributed by atoms with Crippen LogP contribution in [0.4, 0.5) is 0 Å². The highest BCUT2D eigenvalue weighted by Gasteiger charge is 2.40. The van der Waals surface area contributed by atoms with Crippen molar-refractivity contribution in [3.8, 4) is 0 Å². The lowest BCUT2D eigenvalue weighted by molar-refractivity contribution is -0.182. The molecule has 8 heteroatoms. The number of cyclic esters (lactones) is 2. The molecule has 0 radical (unpaired) electrons. The van der Waals surface area contributed by atoms with Crippen LogP contribution in [0.2, 0.25) is 0 Å². The van der Waals surface area contributed by atoms with E-state index in [1.807, 2.05) is 53.1 Å². The third-order valence-electron chi connectivity index (χ3n) is 7.18. The quantitative estimate of drug-likeness (QED) is 0.261. The Labute approximate surface area is 192 Å². The van der Waals surface area contributed by atoms with Gasteiger partial charge in [0.2, 0.25) is 0 Å². The Bertz CT molecular complexity index is 1680. The first-order chi connectivity index (χ1) is 16.5. The number of aromatic amines is 1. The van der Waals surface area contributed by atoms with Gasteiger partial charge >= 0.3 is 11.9 Å². The van der Waals surface area contributed by atoms with Gasteiger partial charge in [0, 0.05) is 33.5 Å². The molecule has 2 aliphatic rings. The molecule has 0 unspecified atom stereocenters. The second kappa shape index (κ2) is 6.66. The molecule has 3 N–H and O–H groups in total. The van der Waals surface area contributed by atoms with E-state index in [-0.39, 0.29) is 17.5 Å². The number of carbonyl (C=O) groups is 2. The average molecular weight is 456 g/mol. The van der Waals surface area contributed by atoms with E-state index < -0.39 is 36.5 Å². The van der Waals surface area contributed by atoms with Crippen molar-refractivity contribution in [1.82, 2.24) is 9.55 Å². The molecule has 1 fully saturated rings. The van der Waals surface area contributed by atoms with Gasteiger partial charge in [-0.15, -0.1) is 0 Å². The SMILES string of the molecule is C[C@@H]1O[C@H](n2c3ccccc3c3c4c(c5c6ccccc6[nH]c5c32)C(=O)OC4=O)C[C@H](O)[C@H]1O. The van der Waals surface area contributed by atoms with Crippen molar-refractivity contribution < 1.29 is 29.3 Å². The minimum absolute atomic E-state index is 0.168. The molecular formula is C26H20N2O6. The first kappa shape index (κ1) is 19.7. The summed E-state index contributed by atoms with van der Waals surface area (Å²) < 4.78 is 13.3. The van der Waals surface area contributed by atoms with Crippen molar-refractivity contribution in [2.75, 3.05) is 0 Å². The maximum Gasteiger partial charge on any atom is 0.347 e. The first-order valence-corrected chi connectivity index (χ1v) is 11.2. The number of H-pyrrole nitrogens is 1. The fourth-order valence-electron chi connectivity index (χ4n) is 5.69. The second-order valence-corrected chi connectivity index (χ2v) is 9.05. The molecule has 4 atom stereocenters. The third kappa shape index (κ3) is 2.37. The second-order valence-electron chi connectivity index (χ2n) is 9.05. The lowest BCUT2D eigenvalue weighted by atomic mass is 9.96. The maximum atomic E-state index is 13.0. The highest BCUT2D eigenvalue weighted by molar-refractivity contribution is 6.36. The summed E-state index contributed by atoms with van der Waals surface area (Å²) >= 11 is 0. The van der Waals surface area contributed by atoms with Crippen molar-refractivity contribution in [2.45, 2.75) is 37.9 Å². The number of rotatable bonds is 1. The Kier molecular flexibility index (Phi) is 3.87. The van der Waals surface area contributed by atoms with Gasteiger partial charge < -0.3 is 29.2 Å². The topological polar surface area (TPSA) is 114 Å². The molecule has 3 aromatic carbocycles. The Hall–Kier alpha value is -3.72. The predicted molar refractivity (Wildman–Crippen MR) is 125 cm³/mol. The number of hydrogen-bond donors (Lipinski definition) is 3. The van der Waals surface area contributed by atoms with Crippen molar-refractivity contribution in [3.05, 3.63) is 59.7 Å². The molecule has 34 heavy (non-hydrogen) atoms. The monoisotopic (exact) mass is 456 g/mol. The maximum absolute atomic E-state index is 13.0. The summed E-state index contributed by atoms with van der Waals surface area (Å²) in [6.45, 7) is 1.72. The van der Waals surface area contributed by atoms with Crippen LogP contribution >= 0.6 is 0 Å².